The normalized spacial score (nSPS) is 25.9. The van der Waals surface area contributed by atoms with E-state index in [4.69, 9.17) is 4.74 Å². The number of aliphatic hydroxyl groups is 3. The summed E-state index contributed by atoms with van der Waals surface area (Å²) in [4.78, 5) is 26.4. The third-order valence-electron chi connectivity index (χ3n) is 5.51. The lowest BCUT2D eigenvalue weighted by Crippen LogP contribution is -2.46. The summed E-state index contributed by atoms with van der Waals surface area (Å²) in [6, 6.07) is 8.67. The van der Waals surface area contributed by atoms with E-state index in [-0.39, 0.29) is 11.7 Å². The number of pyridine rings is 1. The van der Waals surface area contributed by atoms with Gasteiger partial charge in [0.15, 0.2) is 24.3 Å². The lowest BCUT2D eigenvalue weighted by molar-refractivity contribution is -0.765. The van der Waals surface area contributed by atoms with Crippen LogP contribution in [0.3, 0.4) is 0 Å². The summed E-state index contributed by atoms with van der Waals surface area (Å²) in [6.45, 7) is 1.61. The van der Waals surface area contributed by atoms with Crippen molar-refractivity contribution in [2.24, 2.45) is 0 Å². The first kappa shape index (κ1) is 19.7. The highest BCUT2D eigenvalue weighted by molar-refractivity contribution is 6.07. The van der Waals surface area contributed by atoms with Crippen LogP contribution in [0.15, 0.2) is 42.7 Å². The predicted octanol–water partition coefficient (Wildman–Crippen LogP) is -0.00890. The van der Waals surface area contributed by atoms with Gasteiger partial charge in [0, 0.05) is 23.9 Å². The van der Waals surface area contributed by atoms with Gasteiger partial charge in [0.25, 0.3) is 12.1 Å². The maximum atomic E-state index is 13.1. The van der Waals surface area contributed by atoms with Gasteiger partial charge in [-0.2, -0.15) is 4.57 Å². The van der Waals surface area contributed by atoms with Crippen molar-refractivity contribution in [3.05, 3.63) is 59.4 Å². The Bertz CT molecular complexity index is 962. The molecule has 0 spiro atoms. The molecule has 0 radical (unpaired) electrons. The van der Waals surface area contributed by atoms with Crippen LogP contribution in [0.4, 0.5) is 5.69 Å². The maximum Gasteiger partial charge on any atom is 0.292 e. The van der Waals surface area contributed by atoms with Crippen LogP contribution in [0.25, 0.3) is 0 Å². The van der Waals surface area contributed by atoms with Gasteiger partial charge in [0.2, 0.25) is 0 Å². The van der Waals surface area contributed by atoms with Crippen molar-refractivity contribution in [2.75, 3.05) is 18.1 Å². The summed E-state index contributed by atoms with van der Waals surface area (Å²) in [5.41, 5.74) is 2.76. The molecule has 8 nitrogen and oxygen atoms in total. The Kier molecular flexibility index (Phi) is 5.18. The molecule has 4 atom stereocenters. The van der Waals surface area contributed by atoms with Crippen molar-refractivity contribution in [3.63, 3.8) is 0 Å². The average Bonchev–Trinajstić information content (AvgIpc) is 3.28. The molecule has 1 amide bonds. The molecule has 8 heteroatoms. The zero-order valence-electron chi connectivity index (χ0n) is 15.9. The first-order valence-corrected chi connectivity index (χ1v) is 9.49. The van der Waals surface area contributed by atoms with Crippen molar-refractivity contribution in [2.45, 2.75) is 37.9 Å². The van der Waals surface area contributed by atoms with E-state index in [9.17, 15) is 24.9 Å². The van der Waals surface area contributed by atoms with E-state index in [1.54, 1.807) is 41.6 Å². The molecule has 0 unspecified atom stereocenters. The number of fused-ring (bicyclic) bond motifs is 1. The Morgan fingerprint density at radius 3 is 2.69 bits per heavy atom. The van der Waals surface area contributed by atoms with E-state index in [0.29, 0.717) is 24.1 Å². The minimum absolute atomic E-state index is 0.0137. The molecule has 1 aromatic heterocycles. The zero-order valence-corrected chi connectivity index (χ0v) is 15.9. The highest BCUT2D eigenvalue weighted by atomic mass is 16.6. The Labute approximate surface area is 167 Å². The first-order valence-electron chi connectivity index (χ1n) is 9.49. The SMILES string of the molecule is CC(=O)c1ccc2c(c1)CCN2C(=O)c1ccc[n+]([C@@H]2O[C@H](CO)[C@@H](O)[C@H]2O)c1. The molecule has 0 saturated carbocycles. The largest absolute Gasteiger partial charge is 0.394 e. The Morgan fingerprint density at radius 2 is 2.00 bits per heavy atom. The molecule has 3 N–H and O–H groups in total. The fourth-order valence-electron chi connectivity index (χ4n) is 3.89. The van der Waals surface area contributed by atoms with E-state index in [2.05, 4.69) is 0 Å². The van der Waals surface area contributed by atoms with Crippen molar-refractivity contribution in [3.8, 4) is 0 Å². The molecule has 2 aliphatic heterocycles. The van der Waals surface area contributed by atoms with Gasteiger partial charge in [-0.15, -0.1) is 0 Å². The Balaban J connectivity index is 1.59. The number of ether oxygens (including phenoxy) is 1. The van der Waals surface area contributed by atoms with Gasteiger partial charge in [0.05, 0.1) is 6.61 Å². The van der Waals surface area contributed by atoms with E-state index < -0.39 is 31.1 Å². The number of aromatic nitrogens is 1. The molecule has 0 aliphatic carbocycles. The molecule has 3 heterocycles. The number of hydrogen-bond acceptors (Lipinski definition) is 6. The van der Waals surface area contributed by atoms with Crippen LogP contribution in [-0.4, -0.2) is 58.5 Å². The minimum atomic E-state index is -1.22. The molecule has 1 aromatic carbocycles. The number of hydrogen-bond donors (Lipinski definition) is 3. The van der Waals surface area contributed by atoms with Crippen LogP contribution in [0.2, 0.25) is 0 Å². The van der Waals surface area contributed by atoms with E-state index >= 15 is 0 Å². The third kappa shape index (κ3) is 3.44. The standard InChI is InChI=1S/C21H23N2O6/c1-12(25)13-4-5-16-14(9-13)6-8-23(16)20(28)15-3-2-7-22(10-15)21-19(27)18(26)17(11-24)29-21/h2-5,7,9-10,17-19,21,24,26-27H,6,8,11H2,1H3/q+1/t17-,18-,19-,21-/m1/s1. The summed E-state index contributed by atoms with van der Waals surface area (Å²) >= 11 is 0. The summed E-state index contributed by atoms with van der Waals surface area (Å²) in [5, 5.41) is 29.5. The maximum absolute atomic E-state index is 13.1. The van der Waals surface area contributed by atoms with Gasteiger partial charge in [-0.05, 0) is 43.2 Å². The lowest BCUT2D eigenvalue weighted by Gasteiger charge is -2.17. The fourth-order valence-corrected chi connectivity index (χ4v) is 3.89. The number of ketones is 1. The number of benzene rings is 1. The van der Waals surface area contributed by atoms with Crippen LogP contribution in [0.5, 0.6) is 0 Å². The summed E-state index contributed by atoms with van der Waals surface area (Å²) in [6.07, 6.45) is -0.359. The quantitative estimate of drug-likeness (QED) is 0.493. The summed E-state index contributed by atoms with van der Waals surface area (Å²) in [7, 11) is 0. The second kappa shape index (κ2) is 7.64. The molecule has 1 saturated heterocycles. The molecular formula is C21H23N2O6+. The Morgan fingerprint density at radius 1 is 1.21 bits per heavy atom. The number of anilines is 1. The Hall–Kier alpha value is -2.65. The van der Waals surface area contributed by atoms with Gasteiger partial charge in [-0.1, -0.05) is 0 Å². The van der Waals surface area contributed by atoms with Crippen molar-refractivity contribution < 1.29 is 34.2 Å². The smallest absolute Gasteiger partial charge is 0.292 e. The van der Waals surface area contributed by atoms with Gasteiger partial charge in [-0.25, -0.2) is 0 Å². The molecule has 29 heavy (non-hydrogen) atoms. The number of carbonyl (C=O) groups is 2. The van der Waals surface area contributed by atoms with Crippen LogP contribution in [-0.2, 0) is 11.2 Å². The van der Waals surface area contributed by atoms with Crippen LogP contribution in [0.1, 0.15) is 39.4 Å². The number of rotatable bonds is 4. The number of aliphatic hydroxyl groups excluding tert-OH is 3. The average molecular weight is 399 g/mol. The molecule has 2 aromatic rings. The van der Waals surface area contributed by atoms with Crippen molar-refractivity contribution in [1.82, 2.24) is 0 Å². The van der Waals surface area contributed by atoms with Crippen molar-refractivity contribution >= 4 is 17.4 Å². The van der Waals surface area contributed by atoms with Crippen molar-refractivity contribution in [1.29, 1.82) is 0 Å². The third-order valence-corrected chi connectivity index (χ3v) is 5.51. The topological polar surface area (TPSA) is 111 Å². The molecule has 152 valence electrons. The molecule has 2 aliphatic rings. The van der Waals surface area contributed by atoms with Crippen LogP contribution in [0, 0.1) is 0 Å². The van der Waals surface area contributed by atoms with Gasteiger partial charge in [-0.3, -0.25) is 9.59 Å². The lowest BCUT2D eigenvalue weighted by atomic mass is 10.1. The van der Waals surface area contributed by atoms with Crippen LogP contribution < -0.4 is 9.47 Å². The predicted molar refractivity (Wildman–Crippen MR) is 101 cm³/mol. The van der Waals surface area contributed by atoms with Gasteiger partial charge in [0.1, 0.15) is 17.8 Å². The molecule has 1 fully saturated rings. The highest BCUT2D eigenvalue weighted by Gasteiger charge is 2.48. The summed E-state index contributed by atoms with van der Waals surface area (Å²) in [5.74, 6) is -0.222. The monoisotopic (exact) mass is 399 g/mol. The van der Waals surface area contributed by atoms with E-state index in [1.165, 1.54) is 11.5 Å². The number of amides is 1. The number of Topliss-reactive ketones (excluding diaryl/α,β-unsaturated/α-hetero) is 1. The summed E-state index contributed by atoms with van der Waals surface area (Å²) < 4.78 is 7.05. The molecular weight excluding hydrogens is 376 g/mol. The van der Waals surface area contributed by atoms with Gasteiger partial charge < -0.3 is 25.0 Å². The second-order valence-electron chi connectivity index (χ2n) is 7.38. The highest BCUT2D eigenvalue weighted by Crippen LogP contribution is 2.30. The van der Waals surface area contributed by atoms with Crippen LogP contribution >= 0.6 is 0 Å². The second-order valence-corrected chi connectivity index (χ2v) is 7.38. The molecule has 0 bridgehead atoms. The first-order chi connectivity index (χ1) is 13.9. The zero-order chi connectivity index (χ0) is 20.7. The number of nitrogens with zero attached hydrogens (tertiary/aromatic N) is 2. The fraction of sp³-hybridized carbons (Fsp3) is 0.381. The van der Waals surface area contributed by atoms with E-state index in [1.807, 2.05) is 6.07 Å². The van der Waals surface area contributed by atoms with Gasteiger partial charge >= 0.3 is 0 Å². The van der Waals surface area contributed by atoms with E-state index in [0.717, 1.165) is 11.3 Å². The molecule has 4 rings (SSSR count). The number of carbonyl (C=O) groups excluding carboxylic acids is 2. The minimum Gasteiger partial charge on any atom is -0.394 e.